The van der Waals surface area contributed by atoms with Gasteiger partial charge in [-0.25, -0.2) is 8.42 Å². The van der Waals surface area contributed by atoms with Crippen LogP contribution in [0.15, 0.2) is 21.6 Å². The molecule has 0 saturated carbocycles. The van der Waals surface area contributed by atoms with Gasteiger partial charge in [-0.05, 0) is 33.0 Å². The molecule has 0 saturated heterocycles. The zero-order valence-corrected chi connectivity index (χ0v) is 11.5. The maximum absolute atomic E-state index is 12.2. The summed E-state index contributed by atoms with van der Waals surface area (Å²) in [5, 5.41) is 2.92. The average molecular weight is 260 g/mol. The first-order chi connectivity index (χ1) is 7.93. The Labute approximate surface area is 103 Å². The number of nitrogens with zero attached hydrogens (tertiary/aromatic N) is 1. The number of nitrogens with one attached hydrogen (secondary N) is 1. The first kappa shape index (κ1) is 14.2. The van der Waals surface area contributed by atoms with Gasteiger partial charge in [-0.1, -0.05) is 6.92 Å². The van der Waals surface area contributed by atoms with Crippen LogP contribution in [0.1, 0.15) is 26.5 Å². The summed E-state index contributed by atoms with van der Waals surface area (Å²) in [6.45, 7) is 6.46. The van der Waals surface area contributed by atoms with Gasteiger partial charge in [0.25, 0.3) is 10.0 Å². The van der Waals surface area contributed by atoms with Crippen molar-refractivity contribution in [2.75, 3.05) is 13.6 Å². The van der Waals surface area contributed by atoms with Gasteiger partial charge in [0, 0.05) is 12.6 Å². The molecule has 1 heterocycles. The lowest BCUT2D eigenvalue weighted by molar-refractivity contribution is 0.340. The highest BCUT2D eigenvalue weighted by Crippen LogP contribution is 2.20. The van der Waals surface area contributed by atoms with Gasteiger partial charge in [-0.2, -0.15) is 4.31 Å². The zero-order chi connectivity index (χ0) is 13.1. The molecule has 5 nitrogen and oxygen atoms in total. The van der Waals surface area contributed by atoms with Crippen molar-refractivity contribution in [3.05, 3.63) is 17.9 Å². The maximum atomic E-state index is 12.2. The van der Waals surface area contributed by atoms with Crippen LogP contribution in [0, 0.1) is 0 Å². The predicted octanol–water partition coefficient (Wildman–Crippen LogP) is 1.42. The minimum atomic E-state index is -3.51. The fourth-order valence-corrected chi connectivity index (χ4v) is 3.27. The van der Waals surface area contributed by atoms with Crippen molar-refractivity contribution in [3.8, 4) is 0 Å². The first-order valence-corrected chi connectivity index (χ1v) is 7.12. The van der Waals surface area contributed by atoms with Gasteiger partial charge in [-0.3, -0.25) is 0 Å². The third kappa shape index (κ3) is 3.08. The molecule has 0 aromatic carbocycles. The average Bonchev–Trinajstić information content (AvgIpc) is 2.67. The van der Waals surface area contributed by atoms with Crippen molar-refractivity contribution in [1.82, 2.24) is 9.62 Å². The van der Waals surface area contributed by atoms with Gasteiger partial charge in [0.05, 0.1) is 6.54 Å². The lowest BCUT2D eigenvalue weighted by Crippen LogP contribution is -2.36. The molecule has 1 aromatic heterocycles. The molecule has 0 aliphatic rings. The lowest BCUT2D eigenvalue weighted by atomic mass is 10.4. The summed E-state index contributed by atoms with van der Waals surface area (Å²) in [5.74, 6) is 0.617. The van der Waals surface area contributed by atoms with Crippen LogP contribution in [0.25, 0.3) is 0 Å². The van der Waals surface area contributed by atoms with Crippen molar-refractivity contribution in [1.29, 1.82) is 0 Å². The lowest BCUT2D eigenvalue weighted by Gasteiger charge is -2.22. The largest absolute Gasteiger partial charge is 0.447 e. The zero-order valence-electron chi connectivity index (χ0n) is 10.7. The predicted molar refractivity (Wildman–Crippen MR) is 66.2 cm³/mol. The minimum absolute atomic E-state index is 0.0123. The number of furan rings is 1. The molecule has 17 heavy (non-hydrogen) atoms. The molecule has 6 heteroatoms. The Morgan fingerprint density at radius 2 is 2.06 bits per heavy atom. The molecule has 0 amide bonds. The quantitative estimate of drug-likeness (QED) is 0.840. The fourth-order valence-electron chi connectivity index (χ4n) is 1.69. The van der Waals surface area contributed by atoms with Crippen LogP contribution < -0.4 is 5.32 Å². The molecule has 0 aliphatic heterocycles. The van der Waals surface area contributed by atoms with Crippen molar-refractivity contribution < 1.29 is 12.8 Å². The Hall–Kier alpha value is -0.850. The molecule has 0 fully saturated rings. The Kier molecular flexibility index (Phi) is 4.73. The summed E-state index contributed by atoms with van der Waals surface area (Å²) in [5.41, 5.74) is 0. The molecule has 1 aromatic rings. The smallest absolute Gasteiger partial charge is 0.276 e. The normalized spacial score (nSPS) is 12.6. The van der Waals surface area contributed by atoms with Crippen LogP contribution >= 0.6 is 0 Å². The number of hydrogen-bond donors (Lipinski definition) is 1. The van der Waals surface area contributed by atoms with E-state index < -0.39 is 10.0 Å². The molecule has 0 spiro atoms. The third-order valence-electron chi connectivity index (χ3n) is 2.44. The summed E-state index contributed by atoms with van der Waals surface area (Å²) in [6, 6.07) is 3.10. The van der Waals surface area contributed by atoms with Crippen molar-refractivity contribution in [2.24, 2.45) is 0 Å². The van der Waals surface area contributed by atoms with Crippen LogP contribution in [0.2, 0.25) is 0 Å². The molecule has 0 aliphatic carbocycles. The molecular weight excluding hydrogens is 240 g/mol. The van der Waals surface area contributed by atoms with Crippen molar-refractivity contribution in [3.63, 3.8) is 0 Å². The second kappa shape index (κ2) is 5.66. The van der Waals surface area contributed by atoms with Crippen molar-refractivity contribution in [2.45, 2.75) is 38.5 Å². The van der Waals surface area contributed by atoms with E-state index in [4.69, 9.17) is 4.42 Å². The summed E-state index contributed by atoms with van der Waals surface area (Å²) in [7, 11) is -1.73. The van der Waals surface area contributed by atoms with Crippen LogP contribution in [0.4, 0.5) is 0 Å². The van der Waals surface area contributed by atoms with Gasteiger partial charge in [-0.15, -0.1) is 0 Å². The van der Waals surface area contributed by atoms with Gasteiger partial charge in [0.15, 0.2) is 0 Å². The van der Waals surface area contributed by atoms with Gasteiger partial charge >= 0.3 is 0 Å². The van der Waals surface area contributed by atoms with E-state index in [0.29, 0.717) is 18.8 Å². The minimum Gasteiger partial charge on any atom is -0.447 e. The van der Waals surface area contributed by atoms with E-state index in [1.165, 1.54) is 10.4 Å². The second-order valence-electron chi connectivity index (χ2n) is 4.05. The third-order valence-corrected chi connectivity index (χ3v) is 4.46. The summed E-state index contributed by atoms with van der Waals surface area (Å²) in [4.78, 5) is 0. The summed E-state index contributed by atoms with van der Waals surface area (Å²) >= 11 is 0. The van der Waals surface area contributed by atoms with E-state index in [1.807, 2.05) is 20.8 Å². The van der Waals surface area contributed by atoms with E-state index in [2.05, 4.69) is 5.32 Å². The first-order valence-electron chi connectivity index (χ1n) is 5.68. The van der Waals surface area contributed by atoms with Crippen molar-refractivity contribution >= 4 is 10.0 Å². The van der Waals surface area contributed by atoms with Gasteiger partial charge in [0.1, 0.15) is 5.76 Å². The highest BCUT2D eigenvalue weighted by Gasteiger charge is 2.28. The van der Waals surface area contributed by atoms with Crippen LogP contribution in [-0.4, -0.2) is 32.4 Å². The second-order valence-corrected chi connectivity index (χ2v) is 5.87. The van der Waals surface area contributed by atoms with E-state index in [-0.39, 0.29) is 11.1 Å². The Morgan fingerprint density at radius 1 is 1.41 bits per heavy atom. The molecule has 0 bridgehead atoms. The fraction of sp³-hybridized carbons (Fsp3) is 0.636. The van der Waals surface area contributed by atoms with E-state index >= 15 is 0 Å². The molecular formula is C11H20N2O3S. The Bertz CT molecular complexity index is 451. The number of rotatable bonds is 6. The van der Waals surface area contributed by atoms with E-state index in [9.17, 15) is 8.42 Å². The SMILES string of the molecule is CCN(C(C)C)S(=O)(=O)c1ccc(CNC)o1. The van der Waals surface area contributed by atoms with Crippen LogP contribution in [0.5, 0.6) is 0 Å². The molecule has 0 radical (unpaired) electrons. The summed E-state index contributed by atoms with van der Waals surface area (Å²) < 4.78 is 31.2. The van der Waals surface area contributed by atoms with E-state index in [1.54, 1.807) is 13.1 Å². The Balaban J connectivity index is 3.03. The van der Waals surface area contributed by atoms with Crippen LogP contribution in [0.3, 0.4) is 0 Å². The van der Waals surface area contributed by atoms with Gasteiger partial charge < -0.3 is 9.73 Å². The maximum Gasteiger partial charge on any atom is 0.276 e. The topological polar surface area (TPSA) is 62.6 Å². The summed E-state index contributed by atoms with van der Waals surface area (Å²) in [6.07, 6.45) is 0. The molecule has 0 unspecified atom stereocenters. The molecule has 1 N–H and O–H groups in total. The standard InChI is InChI=1S/C11H20N2O3S/c1-5-13(9(2)3)17(14,15)11-7-6-10(16-11)8-12-4/h6-7,9,12H,5,8H2,1-4H3. The van der Waals surface area contributed by atoms with Gasteiger partial charge in [0.2, 0.25) is 5.09 Å². The highest BCUT2D eigenvalue weighted by atomic mass is 32.2. The molecule has 98 valence electrons. The highest BCUT2D eigenvalue weighted by molar-refractivity contribution is 7.89. The Morgan fingerprint density at radius 3 is 2.53 bits per heavy atom. The monoisotopic (exact) mass is 260 g/mol. The van der Waals surface area contributed by atoms with E-state index in [0.717, 1.165) is 0 Å². The van der Waals surface area contributed by atoms with Crippen LogP contribution in [-0.2, 0) is 16.6 Å². The number of hydrogen-bond acceptors (Lipinski definition) is 4. The molecule has 0 atom stereocenters. The molecule has 1 rings (SSSR count). The number of sulfonamides is 1.